The number of hydrogen-bond donors (Lipinski definition) is 0. The molecule has 28 heavy (non-hydrogen) atoms. The van der Waals surface area contributed by atoms with E-state index in [1.165, 1.54) is 12.1 Å². The Balaban J connectivity index is 2.35. The van der Waals surface area contributed by atoms with Gasteiger partial charge in [0.25, 0.3) is 0 Å². The van der Waals surface area contributed by atoms with E-state index in [1.807, 2.05) is 0 Å². The van der Waals surface area contributed by atoms with Crippen molar-refractivity contribution in [2.45, 2.75) is 12.6 Å². The van der Waals surface area contributed by atoms with E-state index < -0.39 is 36.7 Å². The fourth-order valence-corrected chi connectivity index (χ4v) is 3.13. The van der Waals surface area contributed by atoms with Gasteiger partial charge in [-0.3, -0.25) is 13.3 Å². The van der Waals surface area contributed by atoms with Crippen molar-refractivity contribution in [2.75, 3.05) is 13.3 Å². The Labute approximate surface area is 161 Å². The summed E-state index contributed by atoms with van der Waals surface area (Å²) in [6.45, 7) is -1.96. The van der Waals surface area contributed by atoms with Crippen molar-refractivity contribution < 1.29 is 22.0 Å². The number of hydrogen-bond acceptors (Lipinski definition) is 2. The van der Waals surface area contributed by atoms with Crippen molar-refractivity contribution in [1.29, 1.82) is 0 Å². The molecule has 0 spiro atoms. The number of aromatic nitrogens is 2. The van der Waals surface area contributed by atoms with Crippen molar-refractivity contribution in [2.24, 2.45) is 5.92 Å². The molecule has 0 atom stereocenters. The van der Waals surface area contributed by atoms with Crippen LogP contribution in [0.15, 0.2) is 47.3 Å². The Kier molecular flexibility index (Phi) is 5.69. The summed E-state index contributed by atoms with van der Waals surface area (Å²) in [6.07, 6.45) is -4.85. The monoisotopic (exact) mass is 416 g/mol. The highest BCUT2D eigenvalue weighted by Crippen LogP contribution is 2.33. The number of nitrogens with zero attached hydrogens (tertiary/aromatic N) is 2. The highest BCUT2D eigenvalue weighted by molar-refractivity contribution is 6.32. The summed E-state index contributed by atoms with van der Waals surface area (Å²) in [6, 6.07) is 8.94. The van der Waals surface area contributed by atoms with E-state index >= 15 is 0 Å². The minimum atomic E-state index is -4.64. The summed E-state index contributed by atoms with van der Waals surface area (Å²) >= 11 is 6.12. The number of rotatable bonds is 5. The molecule has 0 saturated heterocycles. The van der Waals surface area contributed by atoms with E-state index in [9.17, 15) is 26.7 Å². The van der Waals surface area contributed by atoms with Gasteiger partial charge in [0, 0.05) is 11.3 Å². The van der Waals surface area contributed by atoms with Crippen LogP contribution in [0.2, 0.25) is 5.02 Å². The maximum atomic E-state index is 13.2. The first-order valence-electron chi connectivity index (χ1n) is 8.26. The molecule has 0 radical (unpaired) electrons. The Morgan fingerprint density at radius 2 is 1.75 bits per heavy atom. The Morgan fingerprint density at radius 1 is 1.07 bits per heavy atom. The highest BCUT2D eigenvalue weighted by atomic mass is 35.5. The molecule has 3 aromatic rings. The van der Waals surface area contributed by atoms with Crippen LogP contribution >= 0.6 is 11.6 Å². The standard InChI is InChI=1S/C19H14ClF5N2O/c20-14-3-1-2-4-16(14)27-17-8-12(19(23,24)25)5-6-13(17)15(26-18(27)28)7-11(9-21)10-22/h1-6,8,11H,7,9-10H2. The molecule has 0 fully saturated rings. The van der Waals surface area contributed by atoms with Gasteiger partial charge >= 0.3 is 11.9 Å². The lowest BCUT2D eigenvalue weighted by molar-refractivity contribution is -0.137. The second kappa shape index (κ2) is 7.87. The van der Waals surface area contributed by atoms with E-state index in [0.717, 1.165) is 22.8 Å². The quantitative estimate of drug-likeness (QED) is 0.539. The molecule has 1 aromatic heterocycles. The normalized spacial score (nSPS) is 12.1. The van der Waals surface area contributed by atoms with Crippen LogP contribution in [0.3, 0.4) is 0 Å². The molecule has 0 aliphatic rings. The maximum Gasteiger partial charge on any atom is 0.416 e. The summed E-state index contributed by atoms with van der Waals surface area (Å²) in [5.41, 5.74) is -1.74. The summed E-state index contributed by atoms with van der Waals surface area (Å²) < 4.78 is 66.5. The predicted octanol–water partition coefficient (Wildman–Crippen LogP) is 5.16. The molecule has 0 bridgehead atoms. The molecule has 0 unspecified atom stereocenters. The number of fused-ring (bicyclic) bond motifs is 1. The minimum absolute atomic E-state index is 0.0392. The van der Waals surface area contributed by atoms with Crippen molar-refractivity contribution in [3.63, 3.8) is 0 Å². The molecule has 0 aliphatic heterocycles. The van der Waals surface area contributed by atoms with E-state index in [4.69, 9.17) is 11.6 Å². The fourth-order valence-electron chi connectivity index (χ4n) is 2.91. The zero-order valence-electron chi connectivity index (χ0n) is 14.3. The van der Waals surface area contributed by atoms with Gasteiger partial charge in [0.1, 0.15) is 0 Å². The average Bonchev–Trinajstić information content (AvgIpc) is 2.66. The lowest BCUT2D eigenvalue weighted by Crippen LogP contribution is -2.25. The molecule has 148 valence electrons. The molecular formula is C19H14ClF5N2O. The summed E-state index contributed by atoms with van der Waals surface area (Å²) in [4.78, 5) is 16.5. The second-order valence-electron chi connectivity index (χ2n) is 6.24. The second-order valence-corrected chi connectivity index (χ2v) is 6.64. The van der Waals surface area contributed by atoms with Gasteiger partial charge in [0.2, 0.25) is 0 Å². The van der Waals surface area contributed by atoms with Crippen LogP contribution in [0.5, 0.6) is 0 Å². The topological polar surface area (TPSA) is 34.9 Å². The zero-order chi connectivity index (χ0) is 20.5. The number of alkyl halides is 5. The molecule has 2 aromatic carbocycles. The summed E-state index contributed by atoms with van der Waals surface area (Å²) in [5, 5.41) is 0.336. The third-order valence-corrected chi connectivity index (χ3v) is 4.63. The van der Waals surface area contributed by atoms with Crippen LogP contribution in [0, 0.1) is 5.92 Å². The summed E-state index contributed by atoms with van der Waals surface area (Å²) in [5.74, 6) is -1.03. The molecular weight excluding hydrogens is 403 g/mol. The average molecular weight is 417 g/mol. The van der Waals surface area contributed by atoms with Crippen LogP contribution in [0.25, 0.3) is 16.6 Å². The van der Waals surface area contributed by atoms with Crippen molar-refractivity contribution in [3.05, 3.63) is 69.2 Å². The lowest BCUT2D eigenvalue weighted by atomic mass is 10.0. The third-order valence-electron chi connectivity index (χ3n) is 4.31. The highest BCUT2D eigenvalue weighted by Gasteiger charge is 2.31. The van der Waals surface area contributed by atoms with Crippen LogP contribution in [0.1, 0.15) is 11.3 Å². The first-order valence-corrected chi connectivity index (χ1v) is 8.63. The lowest BCUT2D eigenvalue weighted by Gasteiger charge is -2.17. The van der Waals surface area contributed by atoms with Crippen LogP contribution in [0.4, 0.5) is 22.0 Å². The number of para-hydroxylation sites is 1. The molecule has 9 heteroatoms. The van der Waals surface area contributed by atoms with Crippen LogP contribution in [-0.2, 0) is 12.6 Å². The third kappa shape index (κ3) is 3.87. The van der Waals surface area contributed by atoms with Gasteiger partial charge in [-0.05, 0) is 30.7 Å². The van der Waals surface area contributed by atoms with E-state index in [0.29, 0.717) is 0 Å². The van der Waals surface area contributed by atoms with Crippen LogP contribution in [-0.4, -0.2) is 22.9 Å². The van der Waals surface area contributed by atoms with E-state index in [-0.39, 0.29) is 33.7 Å². The van der Waals surface area contributed by atoms with Gasteiger partial charge in [0.15, 0.2) is 0 Å². The maximum absolute atomic E-state index is 13.2. The van der Waals surface area contributed by atoms with Gasteiger partial charge in [-0.2, -0.15) is 18.2 Å². The van der Waals surface area contributed by atoms with Gasteiger partial charge < -0.3 is 0 Å². The van der Waals surface area contributed by atoms with Gasteiger partial charge in [-0.25, -0.2) is 4.79 Å². The molecule has 3 nitrogen and oxygen atoms in total. The van der Waals surface area contributed by atoms with E-state index in [1.54, 1.807) is 12.1 Å². The SMILES string of the molecule is O=c1nc(CC(CF)CF)c2ccc(C(F)(F)F)cc2n1-c1ccccc1Cl. The first kappa shape index (κ1) is 20.3. The summed E-state index contributed by atoms with van der Waals surface area (Å²) in [7, 11) is 0. The first-order chi connectivity index (χ1) is 13.3. The fraction of sp³-hybridized carbons (Fsp3) is 0.263. The molecule has 1 heterocycles. The van der Waals surface area contributed by atoms with Crippen molar-refractivity contribution in [3.8, 4) is 5.69 Å². The van der Waals surface area contributed by atoms with Crippen LogP contribution < -0.4 is 5.69 Å². The van der Waals surface area contributed by atoms with Crippen molar-refractivity contribution >= 4 is 22.5 Å². The molecule has 0 amide bonds. The van der Waals surface area contributed by atoms with Crippen molar-refractivity contribution in [1.82, 2.24) is 9.55 Å². The molecule has 0 aliphatic carbocycles. The zero-order valence-corrected chi connectivity index (χ0v) is 15.1. The molecule has 0 saturated carbocycles. The molecule has 0 N–H and O–H groups in total. The minimum Gasteiger partial charge on any atom is -0.259 e. The number of halogens is 6. The van der Waals surface area contributed by atoms with Gasteiger partial charge in [-0.15, -0.1) is 0 Å². The van der Waals surface area contributed by atoms with E-state index in [2.05, 4.69) is 4.98 Å². The Bertz CT molecular complexity index is 1060. The number of benzene rings is 2. The van der Waals surface area contributed by atoms with Gasteiger partial charge in [0.05, 0.1) is 40.8 Å². The largest absolute Gasteiger partial charge is 0.416 e. The smallest absolute Gasteiger partial charge is 0.259 e. The predicted molar refractivity (Wildman–Crippen MR) is 96.5 cm³/mol. The Hall–Kier alpha value is -2.48. The van der Waals surface area contributed by atoms with Gasteiger partial charge in [-0.1, -0.05) is 29.8 Å². The Morgan fingerprint density at radius 3 is 2.36 bits per heavy atom. The molecule has 3 rings (SSSR count).